The lowest BCUT2D eigenvalue weighted by Gasteiger charge is -2.28. The van der Waals surface area contributed by atoms with Gasteiger partial charge in [0.05, 0.1) is 6.04 Å². The Bertz CT molecular complexity index is 302. The van der Waals surface area contributed by atoms with Crippen LogP contribution in [0.1, 0.15) is 34.1 Å². The Kier molecular flexibility index (Phi) is 4.51. The van der Waals surface area contributed by atoms with Crippen LogP contribution >= 0.6 is 0 Å². The van der Waals surface area contributed by atoms with Gasteiger partial charge in [0, 0.05) is 18.5 Å². The highest BCUT2D eigenvalue weighted by Crippen LogP contribution is 2.17. The Morgan fingerprint density at radius 2 is 2.00 bits per heavy atom. The average Bonchev–Trinajstić information content (AvgIpc) is 2.55. The molecule has 1 rings (SSSR count). The van der Waals surface area contributed by atoms with E-state index in [1.807, 2.05) is 13.8 Å². The first-order chi connectivity index (χ1) is 7.82. The monoisotopic (exact) mass is 241 g/mol. The molecule has 0 bridgehead atoms. The second-order valence-corrected chi connectivity index (χ2v) is 5.44. The first-order valence-electron chi connectivity index (χ1n) is 6.17. The summed E-state index contributed by atoms with van der Waals surface area (Å²) in [6.07, 6.45) is 0.416. The van der Waals surface area contributed by atoms with Gasteiger partial charge in [0.2, 0.25) is 11.8 Å². The lowest BCUT2D eigenvalue weighted by molar-refractivity contribution is -0.122. The number of carbonyl (C=O) groups excluding carboxylic acids is 2. The highest BCUT2D eigenvalue weighted by atomic mass is 16.2. The number of carbonyl (C=O) groups is 2. The molecule has 0 aromatic carbocycles. The Morgan fingerprint density at radius 3 is 2.41 bits per heavy atom. The summed E-state index contributed by atoms with van der Waals surface area (Å²) in [5.74, 6) is 0.130. The fourth-order valence-electron chi connectivity index (χ4n) is 2.30. The van der Waals surface area contributed by atoms with Crippen molar-refractivity contribution in [3.63, 3.8) is 0 Å². The van der Waals surface area contributed by atoms with Crippen molar-refractivity contribution < 1.29 is 9.59 Å². The number of rotatable bonds is 5. The van der Waals surface area contributed by atoms with Crippen LogP contribution in [0.25, 0.3) is 0 Å². The lowest BCUT2D eigenvalue weighted by atomic mass is 9.95. The maximum Gasteiger partial charge on any atom is 0.234 e. The number of hydrogen-bond donors (Lipinski definition) is 3. The molecule has 0 aliphatic carbocycles. The van der Waals surface area contributed by atoms with Gasteiger partial charge in [-0.2, -0.15) is 0 Å². The topological polar surface area (TPSA) is 84.2 Å². The molecular weight excluding hydrogens is 218 g/mol. The zero-order valence-electron chi connectivity index (χ0n) is 11.0. The minimum absolute atomic E-state index is 0.0117. The van der Waals surface area contributed by atoms with Gasteiger partial charge in [0.25, 0.3) is 0 Å². The van der Waals surface area contributed by atoms with Crippen molar-refractivity contribution in [2.75, 3.05) is 0 Å². The summed E-state index contributed by atoms with van der Waals surface area (Å²) >= 11 is 0. The number of amides is 2. The molecule has 4 N–H and O–H groups in total. The van der Waals surface area contributed by atoms with Gasteiger partial charge in [-0.3, -0.25) is 9.59 Å². The first-order valence-corrected chi connectivity index (χ1v) is 6.17. The smallest absolute Gasteiger partial charge is 0.234 e. The zero-order valence-corrected chi connectivity index (χ0v) is 11.0. The molecule has 1 fully saturated rings. The Morgan fingerprint density at radius 1 is 1.41 bits per heavy atom. The maximum absolute atomic E-state index is 11.4. The molecule has 5 heteroatoms. The zero-order chi connectivity index (χ0) is 13.2. The standard InChI is InChI=1S/C12H23N3O2/c1-6(2)10-8(5-9(16)15-10)14-11(7(3)4)12(13)17/h6-8,10-11,14H,5H2,1-4H3,(H2,13,17)(H,15,16)/t8-,10-,11-/m0/s1. The molecule has 0 unspecified atom stereocenters. The van der Waals surface area contributed by atoms with Crippen molar-refractivity contribution in [2.24, 2.45) is 17.6 Å². The van der Waals surface area contributed by atoms with E-state index in [1.165, 1.54) is 0 Å². The summed E-state index contributed by atoms with van der Waals surface area (Å²) in [5, 5.41) is 6.15. The first kappa shape index (κ1) is 14.0. The number of primary amides is 1. The highest BCUT2D eigenvalue weighted by Gasteiger charge is 2.36. The molecule has 0 radical (unpaired) electrons. The van der Waals surface area contributed by atoms with Gasteiger partial charge in [-0.15, -0.1) is 0 Å². The van der Waals surface area contributed by atoms with E-state index in [0.717, 1.165) is 0 Å². The van der Waals surface area contributed by atoms with E-state index in [4.69, 9.17) is 5.73 Å². The molecule has 0 aromatic rings. The van der Waals surface area contributed by atoms with Gasteiger partial charge >= 0.3 is 0 Å². The Balaban J connectivity index is 2.71. The van der Waals surface area contributed by atoms with Crippen LogP contribution in [-0.4, -0.2) is 29.9 Å². The molecule has 0 spiro atoms. The fraction of sp³-hybridized carbons (Fsp3) is 0.833. The van der Waals surface area contributed by atoms with Crippen molar-refractivity contribution in [3.8, 4) is 0 Å². The quantitative estimate of drug-likeness (QED) is 0.633. The molecule has 1 heterocycles. The molecule has 5 nitrogen and oxygen atoms in total. The second-order valence-electron chi connectivity index (χ2n) is 5.44. The summed E-state index contributed by atoms with van der Waals surface area (Å²) in [5.41, 5.74) is 5.37. The largest absolute Gasteiger partial charge is 0.368 e. The summed E-state index contributed by atoms with van der Waals surface area (Å²) in [6.45, 7) is 7.99. The average molecular weight is 241 g/mol. The normalized spacial score (nSPS) is 26.4. The van der Waals surface area contributed by atoms with Crippen molar-refractivity contribution in [3.05, 3.63) is 0 Å². The summed E-state index contributed by atoms with van der Waals surface area (Å²) < 4.78 is 0. The molecule has 0 aromatic heterocycles. The number of nitrogens with two attached hydrogens (primary N) is 1. The predicted molar refractivity (Wildman–Crippen MR) is 66.1 cm³/mol. The third-order valence-corrected chi connectivity index (χ3v) is 3.25. The lowest BCUT2D eigenvalue weighted by Crippen LogP contribution is -2.54. The molecule has 0 saturated carbocycles. The van der Waals surface area contributed by atoms with Gasteiger partial charge in [0.1, 0.15) is 0 Å². The molecule has 2 amide bonds. The van der Waals surface area contributed by atoms with Gasteiger partial charge in [-0.25, -0.2) is 0 Å². The minimum Gasteiger partial charge on any atom is -0.368 e. The maximum atomic E-state index is 11.4. The van der Waals surface area contributed by atoms with E-state index in [-0.39, 0.29) is 35.9 Å². The van der Waals surface area contributed by atoms with Crippen LogP contribution < -0.4 is 16.4 Å². The number of nitrogens with one attached hydrogen (secondary N) is 2. The van der Waals surface area contributed by atoms with Crippen molar-refractivity contribution in [1.82, 2.24) is 10.6 Å². The predicted octanol–water partition coefficient (Wildman–Crippen LogP) is -0.001000. The summed E-state index contributed by atoms with van der Waals surface area (Å²) in [4.78, 5) is 22.8. The fourth-order valence-corrected chi connectivity index (χ4v) is 2.30. The Labute approximate surface area is 103 Å². The molecule has 1 aliphatic rings. The Hall–Kier alpha value is -1.10. The molecule has 1 saturated heterocycles. The van der Waals surface area contributed by atoms with E-state index in [0.29, 0.717) is 12.3 Å². The molecule has 17 heavy (non-hydrogen) atoms. The van der Waals surface area contributed by atoms with Crippen LogP contribution in [0.15, 0.2) is 0 Å². The molecule has 3 atom stereocenters. The van der Waals surface area contributed by atoms with E-state index < -0.39 is 0 Å². The van der Waals surface area contributed by atoms with Crippen molar-refractivity contribution in [1.29, 1.82) is 0 Å². The van der Waals surface area contributed by atoms with Crippen LogP contribution in [0.2, 0.25) is 0 Å². The summed E-state index contributed by atoms with van der Waals surface area (Å²) in [6, 6.07) is -0.320. The summed E-state index contributed by atoms with van der Waals surface area (Å²) in [7, 11) is 0. The number of hydrogen-bond acceptors (Lipinski definition) is 3. The second kappa shape index (κ2) is 5.49. The van der Waals surface area contributed by atoms with Gasteiger partial charge < -0.3 is 16.4 Å². The molecular formula is C12H23N3O2. The van der Waals surface area contributed by atoms with Crippen LogP contribution in [0.5, 0.6) is 0 Å². The van der Waals surface area contributed by atoms with E-state index >= 15 is 0 Å². The molecule has 1 aliphatic heterocycles. The third-order valence-electron chi connectivity index (χ3n) is 3.25. The van der Waals surface area contributed by atoms with E-state index in [1.54, 1.807) is 0 Å². The highest BCUT2D eigenvalue weighted by molar-refractivity contribution is 5.82. The SMILES string of the molecule is CC(C)[C@H](N[C@H]1CC(=O)N[C@H]1C(C)C)C(N)=O. The van der Waals surface area contributed by atoms with Gasteiger partial charge in [-0.1, -0.05) is 27.7 Å². The van der Waals surface area contributed by atoms with Crippen molar-refractivity contribution >= 4 is 11.8 Å². The van der Waals surface area contributed by atoms with Crippen LogP contribution in [0, 0.1) is 11.8 Å². The molecule has 98 valence electrons. The van der Waals surface area contributed by atoms with Gasteiger partial charge in [0.15, 0.2) is 0 Å². The minimum atomic E-state index is -0.381. The van der Waals surface area contributed by atoms with Gasteiger partial charge in [-0.05, 0) is 11.8 Å². The van der Waals surface area contributed by atoms with E-state index in [2.05, 4.69) is 24.5 Å². The van der Waals surface area contributed by atoms with E-state index in [9.17, 15) is 9.59 Å². The van der Waals surface area contributed by atoms with Crippen LogP contribution in [0.4, 0.5) is 0 Å². The van der Waals surface area contributed by atoms with Crippen molar-refractivity contribution in [2.45, 2.75) is 52.2 Å². The van der Waals surface area contributed by atoms with Crippen LogP contribution in [-0.2, 0) is 9.59 Å². The third kappa shape index (κ3) is 3.43. The van der Waals surface area contributed by atoms with Crippen LogP contribution in [0.3, 0.4) is 0 Å².